The molecule has 0 saturated carbocycles. The molecule has 90 valence electrons. The van der Waals surface area contributed by atoms with Crippen LogP contribution in [0.15, 0.2) is 18.2 Å². The quantitative estimate of drug-likeness (QED) is 0.721. The molecule has 4 heteroatoms. The average Bonchev–Trinajstić information content (AvgIpc) is 2.28. The molecule has 0 aliphatic heterocycles. The Morgan fingerprint density at radius 1 is 1.38 bits per heavy atom. The highest BCUT2D eigenvalue weighted by Gasteiger charge is 2.06. The summed E-state index contributed by atoms with van der Waals surface area (Å²) >= 11 is 0. The van der Waals surface area contributed by atoms with Crippen LogP contribution in [0.3, 0.4) is 0 Å². The third-order valence-corrected chi connectivity index (χ3v) is 2.50. The molecular weight excluding hydrogens is 204 g/mol. The minimum atomic E-state index is 0.0486. The lowest BCUT2D eigenvalue weighted by Crippen LogP contribution is -2.26. The molecule has 3 N–H and O–H groups in total. The van der Waals surface area contributed by atoms with Crippen molar-refractivity contribution in [1.82, 2.24) is 0 Å². The molecule has 0 fully saturated rings. The molecule has 0 heterocycles. The molecule has 1 unspecified atom stereocenters. The Balaban J connectivity index is 2.50. The summed E-state index contributed by atoms with van der Waals surface area (Å²) in [5.41, 5.74) is 8.71. The van der Waals surface area contributed by atoms with Crippen molar-refractivity contribution in [2.45, 2.75) is 13.0 Å². The van der Waals surface area contributed by atoms with E-state index in [1.165, 1.54) is 0 Å². The van der Waals surface area contributed by atoms with E-state index in [1.807, 2.05) is 25.1 Å². The summed E-state index contributed by atoms with van der Waals surface area (Å²) < 4.78 is 10.3. The molecule has 0 spiro atoms. The Bertz CT molecular complexity index is 329. The zero-order valence-corrected chi connectivity index (χ0v) is 10.1. The second-order valence-corrected chi connectivity index (χ2v) is 3.77. The molecule has 1 atom stereocenters. The molecule has 1 aromatic rings. The maximum Gasteiger partial charge on any atom is 0.0976 e. The molecule has 0 bridgehead atoms. The van der Waals surface area contributed by atoms with Crippen LogP contribution in [0.1, 0.15) is 5.56 Å². The lowest BCUT2D eigenvalue weighted by molar-refractivity contribution is 0.0365. The molecular formula is C12H20N2O2. The average molecular weight is 224 g/mol. The molecule has 0 aliphatic carbocycles. The number of hydrogen-bond donors (Lipinski definition) is 2. The van der Waals surface area contributed by atoms with Gasteiger partial charge in [-0.3, -0.25) is 0 Å². The molecule has 1 rings (SSSR count). The van der Waals surface area contributed by atoms with Crippen LogP contribution in [0.5, 0.6) is 0 Å². The number of rotatable bonds is 6. The second kappa shape index (κ2) is 6.35. The minimum absolute atomic E-state index is 0.0486. The number of benzene rings is 1. The molecule has 0 amide bonds. The summed E-state index contributed by atoms with van der Waals surface area (Å²) in [7, 11) is 3.34. The van der Waals surface area contributed by atoms with Crippen LogP contribution in [-0.2, 0) is 9.47 Å². The Hall–Kier alpha value is -1.26. The maximum absolute atomic E-state index is 5.82. The standard InChI is InChI=1S/C12H20N2O2/c1-9-4-5-10(6-12(9)13)14-7-11(16-3)8-15-2/h4-6,11,14H,7-8,13H2,1-3H3. The fourth-order valence-electron chi connectivity index (χ4n) is 1.38. The third-order valence-electron chi connectivity index (χ3n) is 2.50. The first-order valence-electron chi connectivity index (χ1n) is 5.29. The van der Waals surface area contributed by atoms with E-state index in [0.29, 0.717) is 13.2 Å². The smallest absolute Gasteiger partial charge is 0.0976 e. The SMILES string of the molecule is COCC(CNc1ccc(C)c(N)c1)OC. The largest absolute Gasteiger partial charge is 0.398 e. The lowest BCUT2D eigenvalue weighted by atomic mass is 10.2. The van der Waals surface area contributed by atoms with Crippen molar-refractivity contribution in [3.8, 4) is 0 Å². The van der Waals surface area contributed by atoms with Crippen LogP contribution < -0.4 is 11.1 Å². The van der Waals surface area contributed by atoms with Crippen molar-refractivity contribution < 1.29 is 9.47 Å². The van der Waals surface area contributed by atoms with Gasteiger partial charge < -0.3 is 20.5 Å². The van der Waals surface area contributed by atoms with Crippen molar-refractivity contribution in [3.63, 3.8) is 0 Å². The van der Waals surface area contributed by atoms with E-state index < -0.39 is 0 Å². The van der Waals surface area contributed by atoms with Crippen LogP contribution >= 0.6 is 0 Å². The van der Waals surface area contributed by atoms with Crippen molar-refractivity contribution in [1.29, 1.82) is 0 Å². The second-order valence-electron chi connectivity index (χ2n) is 3.77. The zero-order valence-electron chi connectivity index (χ0n) is 10.1. The van der Waals surface area contributed by atoms with Crippen LogP contribution in [0.25, 0.3) is 0 Å². The lowest BCUT2D eigenvalue weighted by Gasteiger charge is -2.16. The van der Waals surface area contributed by atoms with E-state index in [2.05, 4.69) is 5.32 Å². The zero-order chi connectivity index (χ0) is 12.0. The van der Waals surface area contributed by atoms with Gasteiger partial charge in [-0.05, 0) is 24.6 Å². The van der Waals surface area contributed by atoms with E-state index in [-0.39, 0.29) is 6.10 Å². The Labute approximate surface area is 96.7 Å². The van der Waals surface area contributed by atoms with Gasteiger partial charge in [0.15, 0.2) is 0 Å². The highest BCUT2D eigenvalue weighted by molar-refractivity contribution is 5.58. The summed E-state index contributed by atoms with van der Waals surface area (Å²) in [5.74, 6) is 0. The molecule has 16 heavy (non-hydrogen) atoms. The number of nitrogens with two attached hydrogens (primary N) is 1. The molecule has 0 saturated heterocycles. The first-order chi connectivity index (χ1) is 7.67. The van der Waals surface area contributed by atoms with Gasteiger partial charge in [-0.15, -0.1) is 0 Å². The summed E-state index contributed by atoms with van der Waals surface area (Å²) in [4.78, 5) is 0. The number of nitrogens with one attached hydrogen (secondary N) is 1. The number of methoxy groups -OCH3 is 2. The van der Waals surface area contributed by atoms with Crippen LogP contribution in [0.2, 0.25) is 0 Å². The van der Waals surface area contributed by atoms with Crippen LogP contribution in [0, 0.1) is 6.92 Å². The Kier molecular flexibility index (Phi) is 5.08. The molecule has 0 aromatic heterocycles. The number of nitrogen functional groups attached to an aromatic ring is 1. The highest BCUT2D eigenvalue weighted by Crippen LogP contribution is 2.16. The van der Waals surface area contributed by atoms with Gasteiger partial charge in [0.25, 0.3) is 0 Å². The van der Waals surface area contributed by atoms with Gasteiger partial charge >= 0.3 is 0 Å². The van der Waals surface area contributed by atoms with Crippen molar-refractivity contribution in [2.75, 3.05) is 38.4 Å². The van der Waals surface area contributed by atoms with Crippen LogP contribution in [0.4, 0.5) is 11.4 Å². The van der Waals surface area contributed by atoms with Gasteiger partial charge in [0.2, 0.25) is 0 Å². The first-order valence-corrected chi connectivity index (χ1v) is 5.29. The number of aryl methyl sites for hydroxylation is 1. The fourth-order valence-corrected chi connectivity index (χ4v) is 1.38. The maximum atomic E-state index is 5.82. The normalized spacial score (nSPS) is 12.4. The fraction of sp³-hybridized carbons (Fsp3) is 0.500. The highest BCUT2D eigenvalue weighted by atomic mass is 16.5. The summed E-state index contributed by atoms with van der Waals surface area (Å²) in [5, 5.41) is 3.26. The van der Waals surface area contributed by atoms with E-state index in [1.54, 1.807) is 14.2 Å². The van der Waals surface area contributed by atoms with Crippen molar-refractivity contribution in [2.24, 2.45) is 0 Å². The number of hydrogen-bond acceptors (Lipinski definition) is 4. The van der Waals surface area contributed by atoms with E-state index >= 15 is 0 Å². The van der Waals surface area contributed by atoms with Gasteiger partial charge in [0.05, 0.1) is 12.7 Å². The molecule has 0 radical (unpaired) electrons. The summed E-state index contributed by atoms with van der Waals surface area (Å²) in [6.45, 7) is 3.26. The number of anilines is 2. The van der Waals surface area contributed by atoms with Crippen molar-refractivity contribution >= 4 is 11.4 Å². The van der Waals surface area contributed by atoms with Gasteiger partial charge in [-0.25, -0.2) is 0 Å². The predicted molar refractivity (Wildman–Crippen MR) is 66.8 cm³/mol. The van der Waals surface area contributed by atoms with Gasteiger partial charge in [0, 0.05) is 32.1 Å². The van der Waals surface area contributed by atoms with Crippen molar-refractivity contribution in [3.05, 3.63) is 23.8 Å². The molecule has 0 aliphatic rings. The Morgan fingerprint density at radius 2 is 2.12 bits per heavy atom. The molecule has 1 aromatic carbocycles. The topological polar surface area (TPSA) is 56.5 Å². The van der Waals surface area contributed by atoms with Gasteiger partial charge in [0.1, 0.15) is 0 Å². The van der Waals surface area contributed by atoms with Gasteiger partial charge in [-0.1, -0.05) is 6.07 Å². The monoisotopic (exact) mass is 224 g/mol. The van der Waals surface area contributed by atoms with Crippen LogP contribution in [-0.4, -0.2) is 33.5 Å². The number of ether oxygens (including phenoxy) is 2. The third kappa shape index (κ3) is 3.72. The van der Waals surface area contributed by atoms with E-state index in [9.17, 15) is 0 Å². The summed E-state index contributed by atoms with van der Waals surface area (Å²) in [6, 6.07) is 5.93. The van der Waals surface area contributed by atoms with E-state index in [4.69, 9.17) is 15.2 Å². The first kappa shape index (κ1) is 12.8. The van der Waals surface area contributed by atoms with Gasteiger partial charge in [-0.2, -0.15) is 0 Å². The molecule has 4 nitrogen and oxygen atoms in total. The Morgan fingerprint density at radius 3 is 2.69 bits per heavy atom. The minimum Gasteiger partial charge on any atom is -0.398 e. The van der Waals surface area contributed by atoms with E-state index in [0.717, 1.165) is 16.9 Å². The summed E-state index contributed by atoms with van der Waals surface area (Å²) in [6.07, 6.45) is 0.0486. The predicted octanol–water partition coefficient (Wildman–Crippen LogP) is 1.65.